The quantitative estimate of drug-likeness (QED) is 0.828. The molecule has 0 spiro atoms. The molecule has 0 saturated heterocycles. The Balaban J connectivity index is 2.41. The molecule has 2 aromatic rings. The molecule has 0 aliphatic rings. The normalized spacial score (nSPS) is 11.7. The van der Waals surface area contributed by atoms with Gasteiger partial charge in [0.25, 0.3) is 0 Å². The van der Waals surface area contributed by atoms with E-state index in [1.165, 1.54) is 0 Å². The molecular formula is C17H18O2. The zero-order chi connectivity index (χ0) is 13.6. The molecule has 0 saturated carbocycles. The predicted octanol–water partition coefficient (Wildman–Crippen LogP) is 3.47. The van der Waals surface area contributed by atoms with Crippen molar-refractivity contribution in [1.82, 2.24) is 0 Å². The van der Waals surface area contributed by atoms with Crippen LogP contribution in [0.5, 0.6) is 0 Å². The first kappa shape index (κ1) is 13.4. The minimum absolute atomic E-state index is 0.467. The van der Waals surface area contributed by atoms with E-state index < -0.39 is 5.60 Å². The second-order valence-corrected chi connectivity index (χ2v) is 4.40. The van der Waals surface area contributed by atoms with Gasteiger partial charge in [-0.3, -0.25) is 0 Å². The molecule has 0 aliphatic carbocycles. The van der Waals surface area contributed by atoms with Crippen LogP contribution in [0.15, 0.2) is 73.0 Å². The summed E-state index contributed by atoms with van der Waals surface area (Å²) in [7, 11) is 1.60. The van der Waals surface area contributed by atoms with Crippen molar-refractivity contribution < 1.29 is 9.84 Å². The van der Waals surface area contributed by atoms with E-state index >= 15 is 0 Å². The highest BCUT2D eigenvalue weighted by Gasteiger charge is 2.29. The molecule has 19 heavy (non-hydrogen) atoms. The fourth-order valence-corrected chi connectivity index (χ4v) is 2.15. The summed E-state index contributed by atoms with van der Waals surface area (Å²) in [4.78, 5) is 0. The molecule has 0 radical (unpaired) electrons. The zero-order valence-electron chi connectivity index (χ0n) is 11.0. The fraction of sp³-hybridized carbons (Fsp3) is 0.176. The molecule has 2 heteroatoms. The van der Waals surface area contributed by atoms with Gasteiger partial charge in [-0.25, -0.2) is 0 Å². The number of aliphatic hydroxyl groups is 1. The maximum atomic E-state index is 11.1. The third kappa shape index (κ3) is 3.04. The molecule has 0 amide bonds. The maximum absolute atomic E-state index is 11.1. The lowest BCUT2D eigenvalue weighted by atomic mass is 9.83. The molecule has 1 N–H and O–H groups in total. The number of benzene rings is 2. The summed E-state index contributed by atoms with van der Waals surface area (Å²) in [6, 6.07) is 19.4. The van der Waals surface area contributed by atoms with Gasteiger partial charge in [0.2, 0.25) is 0 Å². The highest BCUT2D eigenvalue weighted by Crippen LogP contribution is 2.33. The van der Waals surface area contributed by atoms with E-state index in [0.29, 0.717) is 6.42 Å². The van der Waals surface area contributed by atoms with Gasteiger partial charge in [0.1, 0.15) is 5.60 Å². The summed E-state index contributed by atoms with van der Waals surface area (Å²) in [5.74, 6) is 0. The van der Waals surface area contributed by atoms with Gasteiger partial charge in [0.15, 0.2) is 0 Å². The van der Waals surface area contributed by atoms with Gasteiger partial charge in [0, 0.05) is 6.42 Å². The number of hydrogen-bond donors (Lipinski definition) is 1. The lowest BCUT2D eigenvalue weighted by Gasteiger charge is -2.28. The number of methoxy groups -OCH3 is 1. The molecule has 2 rings (SSSR count). The van der Waals surface area contributed by atoms with Crippen LogP contribution < -0.4 is 0 Å². The maximum Gasteiger partial charge on any atom is 0.118 e. The number of hydrogen-bond acceptors (Lipinski definition) is 2. The van der Waals surface area contributed by atoms with Gasteiger partial charge in [-0.1, -0.05) is 60.7 Å². The van der Waals surface area contributed by atoms with Crippen molar-refractivity contribution >= 4 is 0 Å². The van der Waals surface area contributed by atoms with Crippen molar-refractivity contribution in [2.24, 2.45) is 0 Å². The number of ether oxygens (including phenoxy) is 1. The van der Waals surface area contributed by atoms with Crippen molar-refractivity contribution in [2.45, 2.75) is 12.0 Å². The molecule has 0 heterocycles. The first-order valence-corrected chi connectivity index (χ1v) is 6.28. The van der Waals surface area contributed by atoms with E-state index in [-0.39, 0.29) is 0 Å². The predicted molar refractivity (Wildman–Crippen MR) is 76.6 cm³/mol. The molecular weight excluding hydrogens is 236 g/mol. The van der Waals surface area contributed by atoms with E-state index in [1.54, 1.807) is 13.4 Å². The summed E-state index contributed by atoms with van der Waals surface area (Å²) < 4.78 is 4.92. The second kappa shape index (κ2) is 6.21. The van der Waals surface area contributed by atoms with Crippen LogP contribution in [0.1, 0.15) is 17.5 Å². The number of rotatable bonds is 5. The summed E-state index contributed by atoms with van der Waals surface area (Å²) in [5.41, 5.74) is 0.723. The van der Waals surface area contributed by atoms with Gasteiger partial charge in [0.05, 0.1) is 13.4 Å². The van der Waals surface area contributed by atoms with Crippen LogP contribution in [-0.4, -0.2) is 12.2 Å². The van der Waals surface area contributed by atoms with Crippen molar-refractivity contribution in [3.8, 4) is 0 Å². The lowest BCUT2D eigenvalue weighted by Crippen LogP contribution is -2.26. The average Bonchev–Trinajstić information content (AvgIpc) is 2.49. The Morgan fingerprint density at radius 1 is 0.947 bits per heavy atom. The Bertz CT molecular complexity index is 478. The molecule has 2 aromatic carbocycles. The van der Waals surface area contributed by atoms with E-state index in [0.717, 1.165) is 11.1 Å². The van der Waals surface area contributed by atoms with Crippen LogP contribution in [0.25, 0.3) is 0 Å². The van der Waals surface area contributed by atoms with Crippen molar-refractivity contribution in [3.05, 3.63) is 84.1 Å². The van der Waals surface area contributed by atoms with Crippen LogP contribution in [0, 0.1) is 0 Å². The summed E-state index contributed by atoms with van der Waals surface area (Å²) in [6.45, 7) is 0. The minimum Gasteiger partial charge on any atom is -0.505 e. The molecule has 0 aliphatic heterocycles. The standard InChI is InChI=1S/C17H18O2/c1-19-14-8-13-17(18,15-9-4-2-5-10-15)16-11-6-3-7-12-16/h2-12,14,18H,13H2,1H3/b14-8-. The molecule has 0 atom stereocenters. The molecule has 0 bridgehead atoms. The SMILES string of the molecule is CO/C=C\CC(O)(c1ccccc1)c1ccccc1. The third-order valence-electron chi connectivity index (χ3n) is 3.15. The van der Waals surface area contributed by atoms with E-state index in [2.05, 4.69) is 0 Å². The molecule has 0 fully saturated rings. The molecule has 2 nitrogen and oxygen atoms in total. The van der Waals surface area contributed by atoms with Gasteiger partial charge in [-0.2, -0.15) is 0 Å². The smallest absolute Gasteiger partial charge is 0.118 e. The average molecular weight is 254 g/mol. The van der Waals surface area contributed by atoms with Gasteiger partial charge < -0.3 is 9.84 Å². The van der Waals surface area contributed by atoms with Gasteiger partial charge in [-0.15, -0.1) is 0 Å². The highest BCUT2D eigenvalue weighted by atomic mass is 16.5. The Hall–Kier alpha value is -2.06. The fourth-order valence-electron chi connectivity index (χ4n) is 2.15. The van der Waals surface area contributed by atoms with Crippen LogP contribution in [0.2, 0.25) is 0 Å². The van der Waals surface area contributed by atoms with Crippen LogP contribution >= 0.6 is 0 Å². The second-order valence-electron chi connectivity index (χ2n) is 4.40. The Labute approximate surface area is 114 Å². The van der Waals surface area contributed by atoms with E-state index in [4.69, 9.17) is 4.74 Å². The first-order valence-electron chi connectivity index (χ1n) is 6.28. The van der Waals surface area contributed by atoms with Crippen LogP contribution in [-0.2, 0) is 10.3 Å². The first-order chi connectivity index (χ1) is 9.27. The Morgan fingerprint density at radius 2 is 1.42 bits per heavy atom. The monoisotopic (exact) mass is 254 g/mol. The lowest BCUT2D eigenvalue weighted by molar-refractivity contribution is 0.0834. The highest BCUT2D eigenvalue weighted by molar-refractivity contribution is 5.36. The summed E-state index contributed by atoms with van der Waals surface area (Å²) in [6.07, 6.45) is 3.89. The van der Waals surface area contributed by atoms with E-state index in [1.807, 2.05) is 66.7 Å². The third-order valence-corrected chi connectivity index (χ3v) is 3.15. The van der Waals surface area contributed by atoms with Crippen molar-refractivity contribution in [2.75, 3.05) is 7.11 Å². The molecule has 0 unspecified atom stereocenters. The largest absolute Gasteiger partial charge is 0.505 e. The Kier molecular flexibility index (Phi) is 4.37. The van der Waals surface area contributed by atoms with Crippen molar-refractivity contribution in [1.29, 1.82) is 0 Å². The van der Waals surface area contributed by atoms with Gasteiger partial charge >= 0.3 is 0 Å². The summed E-state index contributed by atoms with van der Waals surface area (Å²) in [5, 5.41) is 11.1. The zero-order valence-corrected chi connectivity index (χ0v) is 11.0. The van der Waals surface area contributed by atoms with Crippen molar-refractivity contribution in [3.63, 3.8) is 0 Å². The topological polar surface area (TPSA) is 29.5 Å². The molecule has 0 aromatic heterocycles. The molecule has 98 valence electrons. The van der Waals surface area contributed by atoms with Crippen LogP contribution in [0.3, 0.4) is 0 Å². The van der Waals surface area contributed by atoms with Crippen LogP contribution in [0.4, 0.5) is 0 Å². The minimum atomic E-state index is -1.03. The Morgan fingerprint density at radius 3 is 1.84 bits per heavy atom. The summed E-state index contributed by atoms with van der Waals surface area (Å²) >= 11 is 0. The van der Waals surface area contributed by atoms with Gasteiger partial charge in [-0.05, 0) is 17.2 Å². The van der Waals surface area contributed by atoms with E-state index in [9.17, 15) is 5.11 Å².